The van der Waals surface area contributed by atoms with E-state index in [0.717, 1.165) is 0 Å². The molecule has 2 heterocycles. The molecule has 3 N–H and O–H groups in total. The Morgan fingerprint density at radius 2 is 1.74 bits per heavy atom. The molecule has 4 nitrogen and oxygen atoms in total. The maximum Gasteiger partial charge on any atom is 0.180 e. The fourth-order valence-corrected chi connectivity index (χ4v) is 3.12. The summed E-state index contributed by atoms with van der Waals surface area (Å²) in [6.07, 6.45) is 4.87. The molecule has 1 aromatic carbocycles. The van der Waals surface area contributed by atoms with Crippen LogP contribution in [0.1, 0.15) is 16.0 Å². The average Bonchev–Trinajstić information content (AvgIpc) is 2.95. The molecule has 23 heavy (non-hydrogen) atoms. The van der Waals surface area contributed by atoms with Crippen LogP contribution >= 0.6 is 47.8 Å². The van der Waals surface area contributed by atoms with E-state index in [9.17, 15) is 5.11 Å². The van der Waals surface area contributed by atoms with E-state index in [1.165, 1.54) is 11.3 Å². The van der Waals surface area contributed by atoms with Crippen LogP contribution < -0.4 is 5.73 Å². The molecule has 3 rings (SSSR count). The number of hydrogen-bond donors (Lipinski definition) is 2. The molecule has 0 fully saturated rings. The van der Waals surface area contributed by atoms with Crippen LogP contribution in [0.4, 0.5) is 5.13 Å². The first-order valence-corrected chi connectivity index (χ1v) is 7.41. The zero-order chi connectivity index (χ0) is 14.9. The third kappa shape index (κ3) is 3.76. The number of benzene rings is 1. The number of rotatable bonds is 3. The van der Waals surface area contributed by atoms with E-state index in [1.807, 2.05) is 6.07 Å². The van der Waals surface area contributed by atoms with E-state index in [0.29, 0.717) is 26.2 Å². The summed E-state index contributed by atoms with van der Waals surface area (Å²) in [5.74, 6) is 0. The Labute approximate surface area is 155 Å². The molecule has 0 radical (unpaired) electrons. The summed E-state index contributed by atoms with van der Waals surface area (Å²) in [7, 11) is 0. The Morgan fingerprint density at radius 1 is 1.04 bits per heavy atom. The van der Waals surface area contributed by atoms with Crippen LogP contribution in [0.2, 0.25) is 5.02 Å². The molecule has 1 atom stereocenters. The summed E-state index contributed by atoms with van der Waals surface area (Å²) in [6.45, 7) is 0. The molecule has 3 aromatic rings. The topological polar surface area (TPSA) is 72.0 Å². The Bertz CT molecular complexity index is 752. The number of halogens is 3. The third-order valence-electron chi connectivity index (χ3n) is 3.22. The summed E-state index contributed by atoms with van der Waals surface area (Å²) < 4.78 is 0. The molecule has 2 aromatic heterocycles. The lowest BCUT2D eigenvalue weighted by Gasteiger charge is -2.27. The standard InChI is InChI=1S/C15H12ClN3OS.2ClH/c16-12-5-3-10(4-6-12)15(20,11-2-1-7-18-8-11)13-9-19-14(17)21-13;;/h1-9,20H,(H2,17,19);2*1H. The third-order valence-corrected chi connectivity index (χ3v) is 4.41. The SMILES string of the molecule is Cl.Cl.Nc1ncc(C(O)(c2ccc(Cl)cc2)c2cccnc2)s1. The predicted octanol–water partition coefficient (Wildman–Crippen LogP) is 3.90. The molecule has 122 valence electrons. The first-order chi connectivity index (χ1) is 10.1. The lowest BCUT2D eigenvalue weighted by Crippen LogP contribution is -2.27. The number of nitrogens with two attached hydrogens (primary N) is 1. The molecule has 8 heteroatoms. The van der Waals surface area contributed by atoms with Gasteiger partial charge in [0.05, 0.1) is 4.88 Å². The maximum absolute atomic E-state index is 11.4. The van der Waals surface area contributed by atoms with Gasteiger partial charge in [0, 0.05) is 29.2 Å². The van der Waals surface area contributed by atoms with Gasteiger partial charge >= 0.3 is 0 Å². The fourth-order valence-electron chi connectivity index (χ4n) is 2.17. The molecular formula is C15H14Cl3N3OS. The van der Waals surface area contributed by atoms with Gasteiger partial charge in [0.25, 0.3) is 0 Å². The van der Waals surface area contributed by atoms with E-state index >= 15 is 0 Å². The molecular weight excluding hydrogens is 377 g/mol. The number of pyridine rings is 1. The first kappa shape index (κ1) is 19.7. The van der Waals surface area contributed by atoms with Gasteiger partial charge in [0.15, 0.2) is 10.7 Å². The van der Waals surface area contributed by atoms with Crippen LogP contribution in [0.5, 0.6) is 0 Å². The normalized spacial score (nSPS) is 12.6. The molecule has 0 aliphatic carbocycles. The minimum absolute atomic E-state index is 0. The zero-order valence-corrected chi connectivity index (χ0v) is 14.9. The second kappa shape index (κ2) is 7.95. The predicted molar refractivity (Wildman–Crippen MR) is 98.8 cm³/mol. The van der Waals surface area contributed by atoms with Crippen LogP contribution in [-0.4, -0.2) is 15.1 Å². The Morgan fingerprint density at radius 3 is 2.26 bits per heavy atom. The van der Waals surface area contributed by atoms with Crippen LogP contribution in [-0.2, 0) is 5.60 Å². The molecule has 0 bridgehead atoms. The number of nitrogens with zero attached hydrogens (tertiary/aromatic N) is 2. The molecule has 0 saturated carbocycles. The van der Waals surface area contributed by atoms with E-state index < -0.39 is 5.60 Å². The van der Waals surface area contributed by atoms with E-state index in [2.05, 4.69) is 9.97 Å². The molecule has 1 unspecified atom stereocenters. The number of anilines is 1. The number of hydrogen-bond acceptors (Lipinski definition) is 5. The van der Waals surface area contributed by atoms with Crippen molar-refractivity contribution in [1.82, 2.24) is 9.97 Å². The lowest BCUT2D eigenvalue weighted by molar-refractivity contribution is 0.129. The fraction of sp³-hybridized carbons (Fsp3) is 0.0667. The van der Waals surface area contributed by atoms with Gasteiger partial charge in [-0.05, 0) is 23.8 Å². The Hall–Kier alpha value is -1.37. The number of aromatic nitrogens is 2. The molecule has 0 aliphatic rings. The van der Waals surface area contributed by atoms with Gasteiger partial charge in [-0.3, -0.25) is 4.98 Å². The van der Waals surface area contributed by atoms with Gasteiger partial charge in [-0.2, -0.15) is 0 Å². The van der Waals surface area contributed by atoms with Crippen molar-refractivity contribution in [1.29, 1.82) is 0 Å². The van der Waals surface area contributed by atoms with Gasteiger partial charge in [-0.15, -0.1) is 24.8 Å². The van der Waals surface area contributed by atoms with Crippen molar-refractivity contribution in [3.8, 4) is 0 Å². The minimum atomic E-state index is -1.35. The zero-order valence-electron chi connectivity index (χ0n) is 11.7. The largest absolute Gasteiger partial charge is 0.375 e. The highest BCUT2D eigenvalue weighted by molar-refractivity contribution is 7.15. The van der Waals surface area contributed by atoms with Gasteiger partial charge in [-0.1, -0.05) is 41.1 Å². The maximum atomic E-state index is 11.4. The van der Waals surface area contributed by atoms with E-state index in [1.54, 1.807) is 48.9 Å². The molecule has 0 spiro atoms. The highest BCUT2D eigenvalue weighted by Gasteiger charge is 2.36. The molecule has 0 aliphatic heterocycles. The summed E-state index contributed by atoms with van der Waals surface area (Å²) in [4.78, 5) is 8.77. The summed E-state index contributed by atoms with van der Waals surface area (Å²) in [6, 6.07) is 10.6. The number of aliphatic hydroxyl groups is 1. The highest BCUT2D eigenvalue weighted by atomic mass is 35.5. The molecule has 0 amide bonds. The van der Waals surface area contributed by atoms with Crippen molar-refractivity contribution in [3.05, 3.63) is 76.0 Å². The van der Waals surface area contributed by atoms with Crippen molar-refractivity contribution in [2.75, 3.05) is 5.73 Å². The summed E-state index contributed by atoms with van der Waals surface area (Å²) in [5.41, 5.74) is 5.69. The Kier molecular flexibility index (Phi) is 6.80. The minimum Gasteiger partial charge on any atom is -0.375 e. The van der Waals surface area contributed by atoms with Gasteiger partial charge in [-0.25, -0.2) is 4.98 Å². The second-order valence-corrected chi connectivity index (χ2v) is 6.02. The van der Waals surface area contributed by atoms with Crippen LogP contribution in [0.3, 0.4) is 0 Å². The highest BCUT2D eigenvalue weighted by Crippen LogP contribution is 2.39. The van der Waals surface area contributed by atoms with E-state index in [4.69, 9.17) is 17.3 Å². The smallest absolute Gasteiger partial charge is 0.180 e. The van der Waals surface area contributed by atoms with Gasteiger partial charge in [0.2, 0.25) is 0 Å². The first-order valence-electron chi connectivity index (χ1n) is 6.21. The summed E-state index contributed by atoms with van der Waals surface area (Å²) >= 11 is 7.18. The van der Waals surface area contributed by atoms with Crippen LogP contribution in [0.15, 0.2) is 55.0 Å². The van der Waals surface area contributed by atoms with Crippen LogP contribution in [0, 0.1) is 0 Å². The van der Waals surface area contributed by atoms with Crippen molar-refractivity contribution >= 4 is 52.9 Å². The van der Waals surface area contributed by atoms with Crippen molar-refractivity contribution in [2.24, 2.45) is 0 Å². The van der Waals surface area contributed by atoms with Crippen molar-refractivity contribution < 1.29 is 5.11 Å². The average molecular weight is 391 g/mol. The van der Waals surface area contributed by atoms with Crippen LogP contribution in [0.25, 0.3) is 0 Å². The van der Waals surface area contributed by atoms with Crippen molar-refractivity contribution in [2.45, 2.75) is 5.60 Å². The number of nitrogen functional groups attached to an aromatic ring is 1. The Balaban J connectivity index is 0.00000132. The van der Waals surface area contributed by atoms with Gasteiger partial charge < -0.3 is 10.8 Å². The summed E-state index contributed by atoms with van der Waals surface area (Å²) in [5, 5.41) is 12.4. The van der Waals surface area contributed by atoms with Gasteiger partial charge in [0.1, 0.15) is 0 Å². The van der Waals surface area contributed by atoms with E-state index in [-0.39, 0.29) is 24.8 Å². The quantitative estimate of drug-likeness (QED) is 0.711. The monoisotopic (exact) mass is 389 g/mol. The number of thiazole rings is 1. The lowest BCUT2D eigenvalue weighted by atomic mass is 9.86. The van der Waals surface area contributed by atoms with Crippen molar-refractivity contribution in [3.63, 3.8) is 0 Å². The molecule has 0 saturated heterocycles. The second-order valence-electron chi connectivity index (χ2n) is 4.52.